The Kier molecular flexibility index (Phi) is 6.26. The number of para-hydroxylation sites is 1. The number of benzene rings is 4. The monoisotopic (exact) mass is 410 g/mol. The summed E-state index contributed by atoms with van der Waals surface area (Å²) in [4.78, 5) is 12.5. The molecular weight excluding hydrogens is 388 g/mol. The van der Waals surface area contributed by atoms with Crippen LogP contribution in [0.2, 0.25) is 0 Å². The molecule has 3 N–H and O–H groups in total. The minimum absolute atomic E-state index is 0.0645. The van der Waals surface area contributed by atoms with Gasteiger partial charge < -0.3 is 9.47 Å². The Hall–Kier alpha value is -4.09. The highest BCUT2D eigenvalue weighted by atomic mass is 16.5. The quantitative estimate of drug-likeness (QED) is 0.150. The standard InChI is InChI=1S/C26H22N2O3/c27-28-26(29)25(31-21-12-5-2-6-13-21)17-23-22-14-8-7-11-20(22)15-16-24(23)30-18-19-9-3-1-4-10-19/h1-17H,18,27H2,(H,28,29). The number of carbonyl (C=O) groups excluding carboxylic acids is 1. The molecule has 1 amide bonds. The lowest BCUT2D eigenvalue weighted by molar-refractivity contribution is -0.119. The molecule has 154 valence electrons. The summed E-state index contributed by atoms with van der Waals surface area (Å²) in [6.07, 6.45) is 1.66. The first kappa shape index (κ1) is 20.2. The van der Waals surface area contributed by atoms with Crippen molar-refractivity contribution in [2.75, 3.05) is 0 Å². The molecule has 0 radical (unpaired) electrons. The van der Waals surface area contributed by atoms with Crippen LogP contribution >= 0.6 is 0 Å². The van der Waals surface area contributed by atoms with Crippen LogP contribution in [0.4, 0.5) is 0 Å². The Balaban J connectivity index is 1.77. The summed E-state index contributed by atoms with van der Waals surface area (Å²) in [5.74, 6) is 6.11. The molecule has 4 aromatic rings. The lowest BCUT2D eigenvalue weighted by atomic mass is 10.0. The number of rotatable bonds is 7. The van der Waals surface area contributed by atoms with Crippen molar-refractivity contribution >= 4 is 22.8 Å². The highest BCUT2D eigenvalue weighted by Crippen LogP contribution is 2.31. The highest BCUT2D eigenvalue weighted by molar-refractivity contribution is 6.00. The predicted octanol–water partition coefficient (Wildman–Crippen LogP) is 4.83. The van der Waals surface area contributed by atoms with Crippen LogP contribution in [0.3, 0.4) is 0 Å². The molecule has 4 rings (SSSR count). The SMILES string of the molecule is NNC(=O)C(=Cc1c(OCc2ccccc2)ccc2ccccc12)Oc1ccccc1. The third kappa shape index (κ3) is 4.91. The number of nitrogens with one attached hydrogen (secondary N) is 1. The van der Waals surface area contributed by atoms with Gasteiger partial charge in [-0.3, -0.25) is 10.2 Å². The molecule has 0 aliphatic heterocycles. The summed E-state index contributed by atoms with van der Waals surface area (Å²) in [6.45, 7) is 0.401. The van der Waals surface area contributed by atoms with Crippen LogP contribution in [0.25, 0.3) is 16.8 Å². The van der Waals surface area contributed by atoms with Crippen LogP contribution in [0.5, 0.6) is 11.5 Å². The first-order chi connectivity index (χ1) is 15.2. The summed E-state index contributed by atoms with van der Waals surface area (Å²) in [5.41, 5.74) is 3.94. The lowest BCUT2D eigenvalue weighted by Gasteiger charge is -2.14. The normalized spacial score (nSPS) is 11.2. The van der Waals surface area contributed by atoms with Gasteiger partial charge in [-0.2, -0.15) is 0 Å². The van der Waals surface area contributed by atoms with E-state index in [4.69, 9.17) is 15.3 Å². The van der Waals surface area contributed by atoms with E-state index >= 15 is 0 Å². The van der Waals surface area contributed by atoms with Gasteiger partial charge in [0, 0.05) is 5.56 Å². The zero-order valence-electron chi connectivity index (χ0n) is 16.8. The van der Waals surface area contributed by atoms with Crippen LogP contribution < -0.4 is 20.7 Å². The van der Waals surface area contributed by atoms with Crippen LogP contribution in [0.15, 0.2) is 103 Å². The number of fused-ring (bicyclic) bond motifs is 1. The van der Waals surface area contributed by atoms with E-state index in [1.807, 2.05) is 84.9 Å². The number of ether oxygens (including phenoxy) is 2. The zero-order valence-corrected chi connectivity index (χ0v) is 16.8. The second-order valence-corrected chi connectivity index (χ2v) is 6.87. The van der Waals surface area contributed by atoms with E-state index < -0.39 is 5.91 Å². The Morgan fingerprint density at radius 2 is 1.52 bits per heavy atom. The number of hydrazine groups is 1. The van der Waals surface area contributed by atoms with Gasteiger partial charge >= 0.3 is 5.91 Å². The molecule has 0 atom stereocenters. The fourth-order valence-corrected chi connectivity index (χ4v) is 3.24. The summed E-state index contributed by atoms with van der Waals surface area (Å²) in [7, 11) is 0. The van der Waals surface area contributed by atoms with E-state index in [9.17, 15) is 4.79 Å². The Labute approximate surface area is 180 Å². The summed E-state index contributed by atoms with van der Waals surface area (Å²) in [6, 6.07) is 30.8. The van der Waals surface area contributed by atoms with Gasteiger partial charge in [0.25, 0.3) is 0 Å². The minimum atomic E-state index is -0.536. The summed E-state index contributed by atoms with van der Waals surface area (Å²) in [5, 5.41) is 1.96. The van der Waals surface area contributed by atoms with Crippen molar-refractivity contribution in [1.82, 2.24) is 5.43 Å². The molecule has 0 fully saturated rings. The predicted molar refractivity (Wildman–Crippen MR) is 122 cm³/mol. The van der Waals surface area contributed by atoms with Crippen molar-refractivity contribution in [2.24, 2.45) is 5.84 Å². The van der Waals surface area contributed by atoms with Crippen LogP contribution in [0, 0.1) is 0 Å². The van der Waals surface area contributed by atoms with Crippen molar-refractivity contribution in [3.8, 4) is 11.5 Å². The van der Waals surface area contributed by atoms with Crippen molar-refractivity contribution in [3.05, 3.63) is 114 Å². The second-order valence-electron chi connectivity index (χ2n) is 6.87. The third-order valence-corrected chi connectivity index (χ3v) is 4.77. The van der Waals surface area contributed by atoms with E-state index in [1.54, 1.807) is 18.2 Å². The van der Waals surface area contributed by atoms with Crippen molar-refractivity contribution in [1.29, 1.82) is 0 Å². The fourth-order valence-electron chi connectivity index (χ4n) is 3.24. The average Bonchev–Trinajstić information content (AvgIpc) is 2.83. The van der Waals surface area contributed by atoms with E-state index in [2.05, 4.69) is 5.43 Å². The maximum atomic E-state index is 12.5. The largest absolute Gasteiger partial charge is 0.488 e. The molecule has 0 aliphatic carbocycles. The van der Waals surface area contributed by atoms with Gasteiger partial charge in [0.05, 0.1) is 0 Å². The van der Waals surface area contributed by atoms with E-state index in [0.29, 0.717) is 18.1 Å². The number of hydrogen-bond acceptors (Lipinski definition) is 4. The minimum Gasteiger partial charge on any atom is -0.488 e. The first-order valence-electron chi connectivity index (χ1n) is 9.88. The van der Waals surface area contributed by atoms with Gasteiger partial charge in [0.2, 0.25) is 0 Å². The number of amides is 1. The molecular formula is C26H22N2O3. The fraction of sp³-hybridized carbons (Fsp3) is 0.0385. The van der Waals surface area contributed by atoms with E-state index in [1.165, 1.54) is 0 Å². The van der Waals surface area contributed by atoms with Crippen LogP contribution in [-0.2, 0) is 11.4 Å². The lowest BCUT2D eigenvalue weighted by Crippen LogP contribution is -2.33. The zero-order chi connectivity index (χ0) is 21.5. The molecule has 0 spiro atoms. The molecule has 4 aromatic carbocycles. The van der Waals surface area contributed by atoms with Crippen LogP contribution in [-0.4, -0.2) is 5.91 Å². The van der Waals surface area contributed by atoms with Gasteiger partial charge in [0.1, 0.15) is 18.1 Å². The average molecular weight is 410 g/mol. The van der Waals surface area contributed by atoms with Crippen molar-refractivity contribution in [2.45, 2.75) is 6.61 Å². The Bertz CT molecular complexity index is 1210. The number of carbonyl (C=O) groups is 1. The number of hydrogen-bond donors (Lipinski definition) is 2. The van der Waals surface area contributed by atoms with Crippen molar-refractivity contribution in [3.63, 3.8) is 0 Å². The molecule has 5 heteroatoms. The second kappa shape index (κ2) is 9.61. The highest BCUT2D eigenvalue weighted by Gasteiger charge is 2.15. The maximum Gasteiger partial charge on any atom is 0.300 e. The van der Waals surface area contributed by atoms with E-state index in [-0.39, 0.29) is 5.76 Å². The molecule has 5 nitrogen and oxygen atoms in total. The van der Waals surface area contributed by atoms with Gasteiger partial charge in [-0.15, -0.1) is 0 Å². The summed E-state index contributed by atoms with van der Waals surface area (Å²) < 4.78 is 12.0. The van der Waals surface area contributed by atoms with Crippen molar-refractivity contribution < 1.29 is 14.3 Å². The third-order valence-electron chi connectivity index (χ3n) is 4.77. The number of nitrogens with two attached hydrogens (primary N) is 1. The maximum absolute atomic E-state index is 12.5. The van der Waals surface area contributed by atoms with Gasteiger partial charge in [-0.05, 0) is 40.6 Å². The van der Waals surface area contributed by atoms with Crippen LogP contribution in [0.1, 0.15) is 11.1 Å². The molecule has 0 aromatic heterocycles. The molecule has 31 heavy (non-hydrogen) atoms. The Morgan fingerprint density at radius 1 is 0.839 bits per heavy atom. The smallest absolute Gasteiger partial charge is 0.300 e. The van der Waals surface area contributed by atoms with Gasteiger partial charge in [-0.1, -0.05) is 78.9 Å². The molecule has 0 unspecified atom stereocenters. The van der Waals surface area contributed by atoms with Gasteiger partial charge in [0.15, 0.2) is 5.76 Å². The molecule has 0 saturated heterocycles. The first-order valence-corrected chi connectivity index (χ1v) is 9.88. The van der Waals surface area contributed by atoms with Gasteiger partial charge in [-0.25, -0.2) is 5.84 Å². The summed E-state index contributed by atoms with van der Waals surface area (Å²) >= 11 is 0. The molecule has 0 saturated carbocycles. The molecule has 0 bridgehead atoms. The Morgan fingerprint density at radius 3 is 2.26 bits per heavy atom. The molecule has 0 aliphatic rings. The molecule has 0 heterocycles. The topological polar surface area (TPSA) is 73.6 Å². The van der Waals surface area contributed by atoms with E-state index in [0.717, 1.165) is 21.9 Å².